The summed E-state index contributed by atoms with van der Waals surface area (Å²) in [6.45, 7) is 4.39. The van der Waals surface area contributed by atoms with Crippen LogP contribution in [0.1, 0.15) is 49.9 Å². The van der Waals surface area contributed by atoms with Crippen molar-refractivity contribution in [2.45, 2.75) is 39.5 Å². The molecular formula is C14H21NO2. The Morgan fingerprint density at radius 1 is 1.29 bits per heavy atom. The Morgan fingerprint density at radius 2 is 2.06 bits per heavy atom. The minimum absolute atomic E-state index is 0.0288. The molecule has 1 aromatic rings. The second-order valence-electron chi connectivity index (χ2n) is 4.21. The van der Waals surface area contributed by atoms with Crippen molar-refractivity contribution in [2.24, 2.45) is 0 Å². The lowest BCUT2D eigenvalue weighted by molar-refractivity contribution is 0.101. The summed E-state index contributed by atoms with van der Waals surface area (Å²) < 4.78 is 5.59. The number of unbranched alkanes of at least 4 members (excludes halogenated alkanes) is 3. The Bertz CT molecular complexity index is 374. The highest BCUT2D eigenvalue weighted by atomic mass is 16.5. The molecular weight excluding hydrogens is 214 g/mol. The molecule has 0 aliphatic heterocycles. The molecule has 3 nitrogen and oxygen atoms in total. The number of Topliss-reactive ketones (excluding diaryl/α,β-unsaturated/α-hetero) is 1. The van der Waals surface area contributed by atoms with Gasteiger partial charge in [-0.15, -0.1) is 0 Å². The normalized spacial score (nSPS) is 10.2. The zero-order valence-corrected chi connectivity index (χ0v) is 10.7. The summed E-state index contributed by atoms with van der Waals surface area (Å²) >= 11 is 0. The smallest absolute Gasteiger partial charge is 0.162 e. The molecule has 0 atom stereocenters. The molecule has 0 aromatic heterocycles. The Labute approximate surface area is 103 Å². The average Bonchev–Trinajstić information content (AvgIpc) is 2.30. The van der Waals surface area contributed by atoms with Crippen molar-refractivity contribution in [3.05, 3.63) is 23.8 Å². The van der Waals surface area contributed by atoms with Gasteiger partial charge in [0.25, 0.3) is 0 Å². The van der Waals surface area contributed by atoms with Crippen molar-refractivity contribution < 1.29 is 9.53 Å². The maximum Gasteiger partial charge on any atom is 0.162 e. The molecule has 0 heterocycles. The van der Waals surface area contributed by atoms with Gasteiger partial charge in [-0.05, 0) is 31.5 Å². The van der Waals surface area contributed by atoms with E-state index in [2.05, 4.69) is 6.92 Å². The number of nitrogen functional groups attached to an aromatic ring is 1. The zero-order chi connectivity index (χ0) is 12.7. The van der Waals surface area contributed by atoms with Gasteiger partial charge in [0, 0.05) is 11.3 Å². The molecule has 2 N–H and O–H groups in total. The third-order valence-corrected chi connectivity index (χ3v) is 2.67. The highest BCUT2D eigenvalue weighted by molar-refractivity contribution is 5.99. The molecule has 94 valence electrons. The van der Waals surface area contributed by atoms with Crippen LogP contribution in [0.5, 0.6) is 5.75 Å². The van der Waals surface area contributed by atoms with E-state index in [1.54, 1.807) is 12.1 Å². The van der Waals surface area contributed by atoms with Gasteiger partial charge < -0.3 is 10.5 Å². The minimum atomic E-state index is -0.0288. The molecule has 0 saturated heterocycles. The molecule has 3 heteroatoms. The summed E-state index contributed by atoms with van der Waals surface area (Å²) in [5.41, 5.74) is 6.76. The van der Waals surface area contributed by atoms with Crippen LogP contribution in [0.3, 0.4) is 0 Å². The van der Waals surface area contributed by atoms with Crippen LogP contribution in [0.2, 0.25) is 0 Å². The molecule has 0 unspecified atom stereocenters. The second-order valence-corrected chi connectivity index (χ2v) is 4.21. The molecule has 0 amide bonds. The summed E-state index contributed by atoms with van der Waals surface area (Å²) in [5, 5.41) is 0. The van der Waals surface area contributed by atoms with Gasteiger partial charge in [-0.3, -0.25) is 4.79 Å². The quantitative estimate of drug-likeness (QED) is 0.447. The lowest BCUT2D eigenvalue weighted by Gasteiger charge is -2.08. The molecule has 17 heavy (non-hydrogen) atoms. The van der Waals surface area contributed by atoms with E-state index in [4.69, 9.17) is 10.5 Å². The highest BCUT2D eigenvalue weighted by Crippen LogP contribution is 2.20. The van der Waals surface area contributed by atoms with Gasteiger partial charge in [0.05, 0.1) is 6.61 Å². The maximum atomic E-state index is 11.3. The van der Waals surface area contributed by atoms with E-state index in [-0.39, 0.29) is 5.78 Å². The number of anilines is 1. The molecule has 0 saturated carbocycles. The molecule has 0 radical (unpaired) electrons. The SMILES string of the molecule is CCCCCCOc1ccc(N)c(C(C)=O)c1. The minimum Gasteiger partial charge on any atom is -0.494 e. The fourth-order valence-electron chi connectivity index (χ4n) is 1.65. The number of hydrogen-bond donors (Lipinski definition) is 1. The first kappa shape index (κ1) is 13.6. The Kier molecular flexibility index (Phi) is 5.53. The van der Waals surface area contributed by atoms with Crippen LogP contribution in [0.25, 0.3) is 0 Å². The van der Waals surface area contributed by atoms with E-state index in [0.29, 0.717) is 17.9 Å². The van der Waals surface area contributed by atoms with E-state index >= 15 is 0 Å². The first-order valence-electron chi connectivity index (χ1n) is 6.18. The van der Waals surface area contributed by atoms with Gasteiger partial charge in [-0.2, -0.15) is 0 Å². The van der Waals surface area contributed by atoms with Gasteiger partial charge >= 0.3 is 0 Å². The number of benzene rings is 1. The number of nitrogens with two attached hydrogens (primary N) is 1. The number of carbonyl (C=O) groups excluding carboxylic acids is 1. The third-order valence-electron chi connectivity index (χ3n) is 2.67. The number of hydrogen-bond acceptors (Lipinski definition) is 3. The molecule has 1 aromatic carbocycles. The summed E-state index contributed by atoms with van der Waals surface area (Å²) in [6, 6.07) is 5.25. The van der Waals surface area contributed by atoms with E-state index in [9.17, 15) is 4.79 Å². The van der Waals surface area contributed by atoms with E-state index in [1.807, 2.05) is 6.07 Å². The van der Waals surface area contributed by atoms with Gasteiger partial charge in [-0.25, -0.2) is 0 Å². The number of ketones is 1. The highest BCUT2D eigenvalue weighted by Gasteiger charge is 2.06. The van der Waals surface area contributed by atoms with E-state index in [0.717, 1.165) is 12.2 Å². The van der Waals surface area contributed by atoms with Crippen LogP contribution in [0.4, 0.5) is 5.69 Å². The van der Waals surface area contributed by atoms with Crippen LogP contribution in [-0.4, -0.2) is 12.4 Å². The summed E-state index contributed by atoms with van der Waals surface area (Å²) in [4.78, 5) is 11.3. The lowest BCUT2D eigenvalue weighted by atomic mass is 10.1. The molecule has 0 bridgehead atoms. The lowest BCUT2D eigenvalue weighted by Crippen LogP contribution is -2.02. The zero-order valence-electron chi connectivity index (χ0n) is 10.7. The Morgan fingerprint density at radius 3 is 2.71 bits per heavy atom. The predicted octanol–water partition coefficient (Wildman–Crippen LogP) is 3.43. The molecule has 0 spiro atoms. The standard InChI is InChI=1S/C14H21NO2/c1-3-4-5-6-9-17-12-7-8-14(15)13(10-12)11(2)16/h7-8,10H,3-6,9,15H2,1-2H3. The number of carbonyl (C=O) groups is 1. The van der Waals surface area contributed by atoms with Gasteiger partial charge in [0.15, 0.2) is 5.78 Å². The first-order valence-corrected chi connectivity index (χ1v) is 6.18. The first-order chi connectivity index (χ1) is 8.15. The topological polar surface area (TPSA) is 52.3 Å². The van der Waals surface area contributed by atoms with Crippen molar-refractivity contribution in [3.63, 3.8) is 0 Å². The van der Waals surface area contributed by atoms with E-state index in [1.165, 1.54) is 26.2 Å². The van der Waals surface area contributed by atoms with Crippen molar-refractivity contribution in [3.8, 4) is 5.75 Å². The van der Waals surface area contributed by atoms with Gasteiger partial charge in [0.1, 0.15) is 5.75 Å². The molecule has 0 aliphatic carbocycles. The van der Waals surface area contributed by atoms with Crippen molar-refractivity contribution >= 4 is 11.5 Å². The van der Waals surface area contributed by atoms with Crippen molar-refractivity contribution in [2.75, 3.05) is 12.3 Å². The fourth-order valence-corrected chi connectivity index (χ4v) is 1.65. The molecule has 0 aliphatic rings. The monoisotopic (exact) mass is 235 g/mol. The van der Waals surface area contributed by atoms with Crippen molar-refractivity contribution in [1.29, 1.82) is 0 Å². The molecule has 1 rings (SSSR count). The summed E-state index contributed by atoms with van der Waals surface area (Å²) in [5.74, 6) is 0.694. The predicted molar refractivity (Wildman–Crippen MR) is 70.5 cm³/mol. The largest absolute Gasteiger partial charge is 0.494 e. The molecule has 0 fully saturated rings. The van der Waals surface area contributed by atoms with E-state index < -0.39 is 0 Å². The number of ether oxygens (including phenoxy) is 1. The number of rotatable bonds is 7. The van der Waals surface area contributed by atoms with Crippen LogP contribution in [0.15, 0.2) is 18.2 Å². The Hall–Kier alpha value is -1.51. The van der Waals surface area contributed by atoms with Crippen molar-refractivity contribution in [1.82, 2.24) is 0 Å². The maximum absolute atomic E-state index is 11.3. The van der Waals surface area contributed by atoms with Crippen LogP contribution in [-0.2, 0) is 0 Å². The van der Waals surface area contributed by atoms with Crippen LogP contribution >= 0.6 is 0 Å². The second kappa shape index (κ2) is 6.94. The van der Waals surface area contributed by atoms with Crippen LogP contribution < -0.4 is 10.5 Å². The van der Waals surface area contributed by atoms with Crippen LogP contribution in [0, 0.1) is 0 Å². The summed E-state index contributed by atoms with van der Waals surface area (Å²) in [6.07, 6.45) is 4.69. The average molecular weight is 235 g/mol. The third kappa shape index (κ3) is 4.47. The Balaban J connectivity index is 2.49. The van der Waals surface area contributed by atoms with Gasteiger partial charge in [-0.1, -0.05) is 26.2 Å². The fraction of sp³-hybridized carbons (Fsp3) is 0.500. The summed E-state index contributed by atoms with van der Waals surface area (Å²) in [7, 11) is 0. The van der Waals surface area contributed by atoms with Gasteiger partial charge in [0.2, 0.25) is 0 Å².